The van der Waals surface area contributed by atoms with Crippen molar-refractivity contribution in [3.63, 3.8) is 0 Å². The number of nitrogens with one attached hydrogen (secondary N) is 1. The number of rotatable bonds is 1. The summed E-state index contributed by atoms with van der Waals surface area (Å²) in [5.74, 6) is 1.06. The van der Waals surface area contributed by atoms with E-state index in [1.165, 1.54) is 0 Å². The third kappa shape index (κ3) is 2.69. The molecular weight excluding hydrogens is 254 g/mol. The molecule has 0 saturated carbocycles. The Hall–Kier alpha value is -0.610. The molecular formula is C11H16BrN3. The summed E-state index contributed by atoms with van der Waals surface area (Å²) in [6, 6.07) is 4.10. The van der Waals surface area contributed by atoms with Crippen molar-refractivity contribution in [2.24, 2.45) is 0 Å². The van der Waals surface area contributed by atoms with Gasteiger partial charge in [0.1, 0.15) is 5.82 Å². The predicted octanol–water partition coefficient (Wildman–Crippen LogP) is 2.03. The summed E-state index contributed by atoms with van der Waals surface area (Å²) in [5.41, 5.74) is 0.174. The normalized spacial score (nSPS) is 20.3. The van der Waals surface area contributed by atoms with Crippen molar-refractivity contribution in [1.29, 1.82) is 0 Å². The number of hydrogen-bond acceptors (Lipinski definition) is 3. The molecule has 82 valence electrons. The number of halogens is 1. The number of aromatic nitrogens is 1. The molecule has 0 spiro atoms. The topological polar surface area (TPSA) is 28.2 Å². The van der Waals surface area contributed by atoms with Gasteiger partial charge in [-0.15, -0.1) is 0 Å². The van der Waals surface area contributed by atoms with Crippen molar-refractivity contribution in [3.05, 3.63) is 22.8 Å². The van der Waals surface area contributed by atoms with E-state index in [-0.39, 0.29) is 5.54 Å². The van der Waals surface area contributed by atoms with E-state index in [0.717, 1.165) is 29.9 Å². The molecule has 0 radical (unpaired) electrons. The van der Waals surface area contributed by atoms with Gasteiger partial charge in [0.15, 0.2) is 0 Å². The lowest BCUT2D eigenvalue weighted by Crippen LogP contribution is -2.57. The largest absolute Gasteiger partial charge is 0.354 e. The van der Waals surface area contributed by atoms with Gasteiger partial charge in [0.25, 0.3) is 0 Å². The average molecular weight is 270 g/mol. The van der Waals surface area contributed by atoms with Crippen LogP contribution < -0.4 is 10.2 Å². The monoisotopic (exact) mass is 269 g/mol. The van der Waals surface area contributed by atoms with Gasteiger partial charge in [-0.2, -0.15) is 0 Å². The van der Waals surface area contributed by atoms with Gasteiger partial charge >= 0.3 is 0 Å². The van der Waals surface area contributed by atoms with E-state index in [1.807, 2.05) is 12.3 Å². The van der Waals surface area contributed by atoms with E-state index in [4.69, 9.17) is 0 Å². The summed E-state index contributed by atoms with van der Waals surface area (Å²) in [7, 11) is 0. The molecule has 1 aromatic heterocycles. The van der Waals surface area contributed by atoms with Crippen molar-refractivity contribution in [2.45, 2.75) is 19.4 Å². The predicted molar refractivity (Wildman–Crippen MR) is 66.2 cm³/mol. The Bertz CT molecular complexity index is 334. The first-order chi connectivity index (χ1) is 7.07. The Kier molecular flexibility index (Phi) is 2.98. The summed E-state index contributed by atoms with van der Waals surface area (Å²) >= 11 is 3.40. The molecule has 0 amide bonds. The van der Waals surface area contributed by atoms with Crippen LogP contribution in [0.4, 0.5) is 5.82 Å². The Morgan fingerprint density at radius 2 is 2.27 bits per heavy atom. The highest BCUT2D eigenvalue weighted by Gasteiger charge is 2.26. The molecule has 0 aliphatic carbocycles. The maximum absolute atomic E-state index is 4.42. The van der Waals surface area contributed by atoms with Gasteiger partial charge in [0.2, 0.25) is 0 Å². The molecule has 0 atom stereocenters. The highest BCUT2D eigenvalue weighted by Crippen LogP contribution is 2.19. The molecule has 1 aliphatic heterocycles. The molecule has 1 N–H and O–H groups in total. The van der Waals surface area contributed by atoms with Gasteiger partial charge in [-0.25, -0.2) is 4.98 Å². The minimum atomic E-state index is 0.174. The van der Waals surface area contributed by atoms with E-state index in [0.29, 0.717) is 0 Å². The molecule has 2 rings (SSSR count). The van der Waals surface area contributed by atoms with Crippen LogP contribution in [0.1, 0.15) is 13.8 Å². The van der Waals surface area contributed by atoms with Crippen LogP contribution in [0.2, 0.25) is 0 Å². The summed E-state index contributed by atoms with van der Waals surface area (Å²) < 4.78 is 1.03. The summed E-state index contributed by atoms with van der Waals surface area (Å²) in [6.07, 6.45) is 1.85. The molecule has 15 heavy (non-hydrogen) atoms. The lowest BCUT2D eigenvalue weighted by Gasteiger charge is -2.39. The Morgan fingerprint density at radius 3 is 2.87 bits per heavy atom. The first-order valence-electron chi connectivity index (χ1n) is 5.18. The molecule has 2 heterocycles. The van der Waals surface area contributed by atoms with Crippen molar-refractivity contribution in [3.8, 4) is 0 Å². The Morgan fingerprint density at radius 1 is 1.47 bits per heavy atom. The number of pyridine rings is 1. The third-order valence-electron chi connectivity index (χ3n) is 2.61. The molecule has 1 saturated heterocycles. The van der Waals surface area contributed by atoms with Crippen LogP contribution in [-0.2, 0) is 0 Å². The maximum Gasteiger partial charge on any atom is 0.128 e. The molecule has 1 aromatic rings. The van der Waals surface area contributed by atoms with Gasteiger partial charge in [0, 0.05) is 35.8 Å². The zero-order valence-corrected chi connectivity index (χ0v) is 10.7. The van der Waals surface area contributed by atoms with Gasteiger partial charge in [-0.1, -0.05) is 0 Å². The minimum absolute atomic E-state index is 0.174. The highest BCUT2D eigenvalue weighted by molar-refractivity contribution is 9.10. The van der Waals surface area contributed by atoms with Crippen molar-refractivity contribution < 1.29 is 0 Å². The standard InChI is InChI=1S/C11H16BrN3/c1-11(2)8-15(6-5-14-11)10-4-3-9(12)7-13-10/h3-4,7,14H,5-6,8H2,1-2H3. The molecule has 4 heteroatoms. The van der Waals surface area contributed by atoms with Crippen LogP contribution in [-0.4, -0.2) is 30.2 Å². The van der Waals surface area contributed by atoms with Crippen molar-refractivity contribution in [2.75, 3.05) is 24.5 Å². The number of piperazine rings is 1. The Labute approximate surface area is 99.0 Å². The fraction of sp³-hybridized carbons (Fsp3) is 0.545. The summed E-state index contributed by atoms with van der Waals surface area (Å²) in [6.45, 7) is 7.49. The second-order valence-corrected chi connectivity index (χ2v) is 5.48. The van der Waals surface area contributed by atoms with E-state index in [2.05, 4.69) is 51.0 Å². The second-order valence-electron chi connectivity index (χ2n) is 4.57. The van der Waals surface area contributed by atoms with Gasteiger partial charge in [-0.3, -0.25) is 0 Å². The fourth-order valence-electron chi connectivity index (χ4n) is 1.89. The van der Waals surface area contributed by atoms with Gasteiger partial charge in [-0.05, 0) is 41.9 Å². The fourth-order valence-corrected chi connectivity index (χ4v) is 2.13. The van der Waals surface area contributed by atoms with Crippen LogP contribution in [0.15, 0.2) is 22.8 Å². The molecule has 0 aromatic carbocycles. The summed E-state index contributed by atoms with van der Waals surface area (Å²) in [4.78, 5) is 6.74. The minimum Gasteiger partial charge on any atom is -0.354 e. The van der Waals surface area contributed by atoms with E-state index in [1.54, 1.807) is 0 Å². The van der Waals surface area contributed by atoms with Gasteiger partial charge < -0.3 is 10.2 Å². The maximum atomic E-state index is 4.42. The zero-order valence-electron chi connectivity index (χ0n) is 9.13. The number of nitrogens with zero attached hydrogens (tertiary/aromatic N) is 2. The lowest BCUT2D eigenvalue weighted by molar-refractivity contribution is 0.352. The smallest absolute Gasteiger partial charge is 0.128 e. The molecule has 1 fully saturated rings. The van der Waals surface area contributed by atoms with Crippen LogP contribution in [0.3, 0.4) is 0 Å². The quantitative estimate of drug-likeness (QED) is 0.846. The SMILES string of the molecule is CC1(C)CN(c2ccc(Br)cn2)CCN1. The molecule has 3 nitrogen and oxygen atoms in total. The summed E-state index contributed by atoms with van der Waals surface area (Å²) in [5, 5.41) is 3.49. The lowest BCUT2D eigenvalue weighted by atomic mass is 10.0. The third-order valence-corrected chi connectivity index (χ3v) is 3.08. The van der Waals surface area contributed by atoms with E-state index in [9.17, 15) is 0 Å². The molecule has 0 unspecified atom stereocenters. The number of anilines is 1. The first-order valence-corrected chi connectivity index (χ1v) is 5.98. The van der Waals surface area contributed by atoms with E-state index < -0.39 is 0 Å². The van der Waals surface area contributed by atoms with Crippen LogP contribution in [0.25, 0.3) is 0 Å². The van der Waals surface area contributed by atoms with Gasteiger partial charge in [0.05, 0.1) is 0 Å². The average Bonchev–Trinajstić information content (AvgIpc) is 2.17. The van der Waals surface area contributed by atoms with E-state index >= 15 is 0 Å². The van der Waals surface area contributed by atoms with Crippen LogP contribution in [0, 0.1) is 0 Å². The van der Waals surface area contributed by atoms with Crippen molar-refractivity contribution >= 4 is 21.7 Å². The van der Waals surface area contributed by atoms with Crippen LogP contribution >= 0.6 is 15.9 Å². The first kappa shape index (κ1) is 10.9. The van der Waals surface area contributed by atoms with Crippen LogP contribution in [0.5, 0.6) is 0 Å². The molecule has 0 bridgehead atoms. The Balaban J connectivity index is 2.13. The number of hydrogen-bond donors (Lipinski definition) is 1. The van der Waals surface area contributed by atoms with Crippen molar-refractivity contribution in [1.82, 2.24) is 10.3 Å². The zero-order chi connectivity index (χ0) is 10.9. The molecule has 1 aliphatic rings. The second kappa shape index (κ2) is 4.10. The highest BCUT2D eigenvalue weighted by atomic mass is 79.9.